The highest BCUT2D eigenvalue weighted by molar-refractivity contribution is 5.06. The van der Waals surface area contributed by atoms with E-state index in [4.69, 9.17) is 15.3 Å². The molecule has 0 spiro atoms. The van der Waals surface area contributed by atoms with E-state index in [-0.39, 0.29) is 18.7 Å². The van der Waals surface area contributed by atoms with Crippen LogP contribution in [0.1, 0.15) is 36.9 Å². The van der Waals surface area contributed by atoms with E-state index in [0.717, 1.165) is 24.3 Å². The molecule has 5 nitrogen and oxygen atoms in total. The van der Waals surface area contributed by atoms with Crippen molar-refractivity contribution in [1.29, 1.82) is 0 Å². The summed E-state index contributed by atoms with van der Waals surface area (Å²) in [6.45, 7) is 2.04. The molecule has 0 saturated heterocycles. The molecular formula is C13H19N3O2. The highest BCUT2D eigenvalue weighted by Gasteiger charge is 2.15. The molecule has 0 radical (unpaired) electrons. The van der Waals surface area contributed by atoms with Crippen LogP contribution in [-0.2, 0) is 6.42 Å². The van der Waals surface area contributed by atoms with Gasteiger partial charge >= 0.3 is 0 Å². The second-order valence-electron chi connectivity index (χ2n) is 4.48. The summed E-state index contributed by atoms with van der Waals surface area (Å²) in [4.78, 5) is 4.11. The maximum absolute atomic E-state index is 9.11. The first-order valence-corrected chi connectivity index (χ1v) is 6.13. The van der Waals surface area contributed by atoms with Gasteiger partial charge in [-0.3, -0.25) is 0 Å². The van der Waals surface area contributed by atoms with Crippen LogP contribution in [0.2, 0.25) is 0 Å². The normalized spacial score (nSPS) is 14.6. The lowest BCUT2D eigenvalue weighted by Crippen LogP contribution is -2.20. The third-order valence-electron chi connectivity index (χ3n) is 3.14. The fourth-order valence-electron chi connectivity index (χ4n) is 2.01. The standard InChI is InChI=1S/C13H19N3O2/c1-10(4-5-11-3-2-6-18-11)16-9-15-7-13(16)12(14)8-17/h2-3,6-7,9-10,12,17H,4-5,8,14H2,1H3. The minimum Gasteiger partial charge on any atom is -0.469 e. The summed E-state index contributed by atoms with van der Waals surface area (Å²) in [6.07, 6.45) is 6.97. The molecule has 2 heterocycles. The van der Waals surface area contributed by atoms with Crippen molar-refractivity contribution >= 4 is 0 Å². The third kappa shape index (κ3) is 2.80. The van der Waals surface area contributed by atoms with Crippen molar-refractivity contribution in [2.45, 2.75) is 31.8 Å². The Kier molecular flexibility index (Phi) is 4.17. The van der Waals surface area contributed by atoms with Gasteiger partial charge in [-0.2, -0.15) is 0 Å². The fraction of sp³-hybridized carbons (Fsp3) is 0.462. The van der Waals surface area contributed by atoms with Crippen LogP contribution in [0.4, 0.5) is 0 Å². The third-order valence-corrected chi connectivity index (χ3v) is 3.14. The maximum atomic E-state index is 9.11. The largest absolute Gasteiger partial charge is 0.469 e. The molecule has 0 amide bonds. The van der Waals surface area contributed by atoms with Crippen LogP contribution in [0.5, 0.6) is 0 Å². The predicted octanol–water partition coefficient (Wildman–Crippen LogP) is 1.66. The van der Waals surface area contributed by atoms with Crippen molar-refractivity contribution in [2.24, 2.45) is 5.73 Å². The number of aliphatic hydroxyl groups is 1. The van der Waals surface area contributed by atoms with Crippen molar-refractivity contribution < 1.29 is 9.52 Å². The summed E-state index contributed by atoms with van der Waals surface area (Å²) in [7, 11) is 0. The maximum Gasteiger partial charge on any atom is 0.103 e. The Hall–Kier alpha value is -1.59. The van der Waals surface area contributed by atoms with Gasteiger partial charge in [-0.1, -0.05) is 0 Å². The van der Waals surface area contributed by atoms with Gasteiger partial charge < -0.3 is 19.8 Å². The molecule has 0 saturated carbocycles. The van der Waals surface area contributed by atoms with Crippen LogP contribution >= 0.6 is 0 Å². The number of hydrogen-bond donors (Lipinski definition) is 2. The van der Waals surface area contributed by atoms with E-state index in [2.05, 4.69) is 11.9 Å². The van der Waals surface area contributed by atoms with Gasteiger partial charge in [0.15, 0.2) is 0 Å². The fourth-order valence-corrected chi connectivity index (χ4v) is 2.01. The smallest absolute Gasteiger partial charge is 0.103 e. The second kappa shape index (κ2) is 5.84. The molecule has 2 rings (SSSR count). The van der Waals surface area contributed by atoms with Crippen LogP contribution in [-0.4, -0.2) is 21.3 Å². The molecule has 2 unspecified atom stereocenters. The number of imidazole rings is 1. The molecule has 0 aromatic carbocycles. The Labute approximate surface area is 106 Å². The zero-order valence-electron chi connectivity index (χ0n) is 10.5. The number of furan rings is 1. The van der Waals surface area contributed by atoms with Gasteiger partial charge in [-0.05, 0) is 25.5 Å². The lowest BCUT2D eigenvalue weighted by molar-refractivity contribution is 0.261. The van der Waals surface area contributed by atoms with Crippen molar-refractivity contribution in [1.82, 2.24) is 9.55 Å². The summed E-state index contributed by atoms with van der Waals surface area (Å²) in [6, 6.07) is 3.76. The van der Waals surface area contributed by atoms with Crippen LogP contribution in [0.25, 0.3) is 0 Å². The minimum atomic E-state index is -0.376. The van der Waals surface area contributed by atoms with Crippen molar-refractivity contribution in [3.63, 3.8) is 0 Å². The predicted molar refractivity (Wildman–Crippen MR) is 68.0 cm³/mol. The molecule has 18 heavy (non-hydrogen) atoms. The summed E-state index contributed by atoms with van der Waals surface area (Å²) in [5, 5.41) is 9.11. The number of nitrogens with zero attached hydrogens (tertiary/aromatic N) is 2. The van der Waals surface area contributed by atoms with Gasteiger partial charge in [-0.25, -0.2) is 4.98 Å². The van der Waals surface area contributed by atoms with Gasteiger partial charge in [0.1, 0.15) is 5.76 Å². The number of aliphatic hydroxyl groups excluding tert-OH is 1. The Balaban J connectivity index is 2.00. The molecular weight excluding hydrogens is 230 g/mol. The molecule has 0 aliphatic carbocycles. The first-order valence-electron chi connectivity index (χ1n) is 6.13. The summed E-state index contributed by atoms with van der Waals surface area (Å²) < 4.78 is 7.33. The first-order chi connectivity index (χ1) is 8.72. The number of hydrogen-bond acceptors (Lipinski definition) is 4. The van der Waals surface area contributed by atoms with E-state index in [1.165, 1.54) is 0 Å². The Morgan fingerprint density at radius 1 is 1.56 bits per heavy atom. The van der Waals surface area contributed by atoms with Crippen LogP contribution in [0, 0.1) is 0 Å². The van der Waals surface area contributed by atoms with Gasteiger partial charge in [0.25, 0.3) is 0 Å². The second-order valence-corrected chi connectivity index (χ2v) is 4.48. The molecule has 5 heteroatoms. The summed E-state index contributed by atoms with van der Waals surface area (Å²) in [5.74, 6) is 0.981. The van der Waals surface area contributed by atoms with Crippen LogP contribution in [0.3, 0.4) is 0 Å². The van der Waals surface area contributed by atoms with Crippen LogP contribution < -0.4 is 5.73 Å². The zero-order valence-corrected chi connectivity index (χ0v) is 10.5. The Bertz CT molecular complexity index is 464. The topological polar surface area (TPSA) is 77.2 Å². The molecule has 0 aliphatic rings. The molecule has 3 N–H and O–H groups in total. The van der Waals surface area contributed by atoms with Crippen molar-refractivity contribution in [2.75, 3.05) is 6.61 Å². The average Bonchev–Trinajstić information content (AvgIpc) is 3.05. The lowest BCUT2D eigenvalue weighted by atomic mass is 10.1. The minimum absolute atomic E-state index is 0.0728. The molecule has 2 atom stereocenters. The van der Waals surface area contributed by atoms with Crippen molar-refractivity contribution in [3.8, 4) is 0 Å². The van der Waals surface area contributed by atoms with E-state index < -0.39 is 0 Å². The highest BCUT2D eigenvalue weighted by Crippen LogP contribution is 2.20. The zero-order chi connectivity index (χ0) is 13.0. The molecule has 98 valence electrons. The lowest BCUT2D eigenvalue weighted by Gasteiger charge is -2.18. The first kappa shape index (κ1) is 12.9. The molecule has 0 fully saturated rings. The number of nitrogens with two attached hydrogens (primary N) is 1. The van der Waals surface area contributed by atoms with E-state index >= 15 is 0 Å². The number of aryl methyl sites for hydroxylation is 1. The highest BCUT2D eigenvalue weighted by atomic mass is 16.3. The quantitative estimate of drug-likeness (QED) is 0.816. The SMILES string of the molecule is CC(CCc1ccco1)n1cncc1C(N)CO. The van der Waals surface area contributed by atoms with Gasteiger partial charge in [-0.15, -0.1) is 0 Å². The van der Waals surface area contributed by atoms with Gasteiger partial charge in [0.05, 0.1) is 30.9 Å². The van der Waals surface area contributed by atoms with E-state index in [0.29, 0.717) is 0 Å². The van der Waals surface area contributed by atoms with Gasteiger partial charge in [0, 0.05) is 18.7 Å². The van der Waals surface area contributed by atoms with E-state index in [1.54, 1.807) is 18.8 Å². The van der Waals surface area contributed by atoms with Crippen LogP contribution in [0.15, 0.2) is 35.3 Å². The molecule has 2 aromatic heterocycles. The number of aromatic nitrogens is 2. The molecule has 0 bridgehead atoms. The number of rotatable bonds is 6. The summed E-state index contributed by atoms with van der Waals surface area (Å²) in [5.41, 5.74) is 6.70. The Morgan fingerprint density at radius 2 is 2.39 bits per heavy atom. The van der Waals surface area contributed by atoms with E-state index in [9.17, 15) is 0 Å². The van der Waals surface area contributed by atoms with Crippen molar-refractivity contribution in [3.05, 3.63) is 42.4 Å². The van der Waals surface area contributed by atoms with Gasteiger partial charge in [0.2, 0.25) is 0 Å². The van der Waals surface area contributed by atoms with E-state index in [1.807, 2.05) is 16.7 Å². The monoisotopic (exact) mass is 249 g/mol. The average molecular weight is 249 g/mol. The Morgan fingerprint density at radius 3 is 3.06 bits per heavy atom. The summed E-state index contributed by atoms with van der Waals surface area (Å²) >= 11 is 0. The molecule has 2 aromatic rings. The molecule has 0 aliphatic heterocycles.